The monoisotopic (exact) mass is 303 g/mol. The van der Waals surface area contributed by atoms with E-state index in [0.29, 0.717) is 12.1 Å². The summed E-state index contributed by atoms with van der Waals surface area (Å²) < 4.78 is 5.75. The van der Waals surface area contributed by atoms with Gasteiger partial charge in [-0.3, -0.25) is 0 Å². The summed E-state index contributed by atoms with van der Waals surface area (Å²) in [7, 11) is 0. The molecule has 0 spiro atoms. The number of aryl methyl sites for hydroxylation is 1. The Morgan fingerprint density at radius 2 is 2.09 bits per heavy atom. The van der Waals surface area contributed by atoms with E-state index in [-0.39, 0.29) is 0 Å². The SMILES string of the molecule is Cc1cccc(N2CCC(NCC3CNCCO3)CC2)c1C. The van der Waals surface area contributed by atoms with Crippen LogP contribution in [-0.2, 0) is 4.74 Å². The molecule has 1 aromatic carbocycles. The molecular weight excluding hydrogens is 274 g/mol. The second-order valence-electron chi connectivity index (χ2n) is 6.59. The van der Waals surface area contributed by atoms with E-state index in [9.17, 15) is 0 Å². The molecule has 0 bridgehead atoms. The summed E-state index contributed by atoms with van der Waals surface area (Å²) >= 11 is 0. The first kappa shape index (κ1) is 15.8. The summed E-state index contributed by atoms with van der Waals surface area (Å²) in [6.45, 7) is 10.5. The van der Waals surface area contributed by atoms with Crippen LogP contribution < -0.4 is 15.5 Å². The van der Waals surface area contributed by atoms with Gasteiger partial charge < -0.3 is 20.3 Å². The number of piperidine rings is 1. The lowest BCUT2D eigenvalue weighted by atomic mass is 10.0. The number of hydrogen-bond acceptors (Lipinski definition) is 4. The summed E-state index contributed by atoms with van der Waals surface area (Å²) in [6.07, 6.45) is 2.77. The van der Waals surface area contributed by atoms with Crippen molar-refractivity contribution in [3.63, 3.8) is 0 Å². The van der Waals surface area contributed by atoms with Gasteiger partial charge in [0, 0.05) is 44.5 Å². The van der Waals surface area contributed by atoms with Gasteiger partial charge in [0.15, 0.2) is 0 Å². The van der Waals surface area contributed by atoms with E-state index in [0.717, 1.165) is 39.3 Å². The molecule has 4 nitrogen and oxygen atoms in total. The van der Waals surface area contributed by atoms with Gasteiger partial charge in [-0.15, -0.1) is 0 Å². The van der Waals surface area contributed by atoms with Gasteiger partial charge in [0.1, 0.15) is 0 Å². The van der Waals surface area contributed by atoms with Gasteiger partial charge in [0.25, 0.3) is 0 Å². The number of ether oxygens (including phenoxy) is 1. The Morgan fingerprint density at radius 3 is 2.82 bits per heavy atom. The van der Waals surface area contributed by atoms with Crippen molar-refractivity contribution in [1.82, 2.24) is 10.6 Å². The van der Waals surface area contributed by atoms with Crippen LogP contribution in [0.4, 0.5) is 5.69 Å². The van der Waals surface area contributed by atoms with Gasteiger partial charge in [-0.1, -0.05) is 12.1 Å². The molecule has 122 valence electrons. The highest BCUT2D eigenvalue weighted by atomic mass is 16.5. The molecule has 2 saturated heterocycles. The van der Waals surface area contributed by atoms with E-state index in [1.165, 1.54) is 29.7 Å². The van der Waals surface area contributed by atoms with Crippen molar-refractivity contribution in [2.24, 2.45) is 0 Å². The summed E-state index contributed by atoms with van der Waals surface area (Å²) in [4.78, 5) is 2.54. The number of benzene rings is 1. The first-order valence-electron chi connectivity index (χ1n) is 8.61. The minimum Gasteiger partial charge on any atom is -0.374 e. The van der Waals surface area contributed by atoms with Crippen molar-refractivity contribution in [1.29, 1.82) is 0 Å². The van der Waals surface area contributed by atoms with Crippen LogP contribution in [0, 0.1) is 13.8 Å². The third-order valence-corrected chi connectivity index (χ3v) is 5.05. The lowest BCUT2D eigenvalue weighted by Gasteiger charge is -2.36. The second kappa shape index (κ2) is 7.44. The first-order valence-corrected chi connectivity index (χ1v) is 8.61. The molecule has 1 aromatic rings. The van der Waals surface area contributed by atoms with E-state index >= 15 is 0 Å². The van der Waals surface area contributed by atoms with Crippen LogP contribution in [0.25, 0.3) is 0 Å². The highest BCUT2D eigenvalue weighted by Gasteiger charge is 2.22. The molecular formula is C18H29N3O. The third kappa shape index (κ3) is 3.80. The second-order valence-corrected chi connectivity index (χ2v) is 6.59. The van der Waals surface area contributed by atoms with Gasteiger partial charge in [-0.25, -0.2) is 0 Å². The zero-order valence-electron chi connectivity index (χ0n) is 13.9. The van der Waals surface area contributed by atoms with Crippen LogP contribution in [0.2, 0.25) is 0 Å². The Balaban J connectivity index is 1.47. The molecule has 2 heterocycles. The molecule has 1 unspecified atom stereocenters. The third-order valence-electron chi connectivity index (χ3n) is 5.05. The number of nitrogens with one attached hydrogen (secondary N) is 2. The van der Waals surface area contributed by atoms with E-state index in [2.05, 4.69) is 47.6 Å². The van der Waals surface area contributed by atoms with Crippen LogP contribution in [-0.4, -0.2) is 51.5 Å². The fraction of sp³-hybridized carbons (Fsp3) is 0.667. The zero-order chi connectivity index (χ0) is 15.4. The van der Waals surface area contributed by atoms with Crippen LogP contribution in [0.5, 0.6) is 0 Å². The van der Waals surface area contributed by atoms with Crippen LogP contribution in [0.3, 0.4) is 0 Å². The number of anilines is 1. The Labute approximate surface area is 134 Å². The molecule has 1 atom stereocenters. The standard InChI is InChI=1S/C18H29N3O/c1-14-4-3-5-18(15(14)2)21-9-6-16(7-10-21)20-13-17-12-19-8-11-22-17/h3-5,16-17,19-20H,6-13H2,1-2H3. The lowest BCUT2D eigenvalue weighted by molar-refractivity contribution is 0.0271. The molecule has 0 amide bonds. The molecule has 2 aliphatic heterocycles. The van der Waals surface area contributed by atoms with Crippen molar-refractivity contribution >= 4 is 5.69 Å². The smallest absolute Gasteiger partial charge is 0.0824 e. The molecule has 0 aliphatic carbocycles. The van der Waals surface area contributed by atoms with Crippen molar-refractivity contribution in [3.8, 4) is 0 Å². The molecule has 4 heteroatoms. The number of nitrogens with zero attached hydrogens (tertiary/aromatic N) is 1. The lowest BCUT2D eigenvalue weighted by Crippen LogP contribution is -2.49. The Kier molecular flexibility index (Phi) is 5.34. The molecule has 0 saturated carbocycles. The van der Waals surface area contributed by atoms with E-state index in [4.69, 9.17) is 4.74 Å². The summed E-state index contributed by atoms with van der Waals surface area (Å²) in [5.74, 6) is 0. The summed E-state index contributed by atoms with van der Waals surface area (Å²) in [5, 5.41) is 7.09. The maximum Gasteiger partial charge on any atom is 0.0824 e. The predicted molar refractivity (Wildman–Crippen MR) is 91.8 cm³/mol. The average Bonchev–Trinajstić information content (AvgIpc) is 2.57. The van der Waals surface area contributed by atoms with Gasteiger partial charge in [-0.05, 0) is 43.9 Å². The summed E-state index contributed by atoms with van der Waals surface area (Å²) in [5.41, 5.74) is 4.23. The van der Waals surface area contributed by atoms with Gasteiger partial charge in [-0.2, -0.15) is 0 Å². The Bertz CT molecular complexity index is 477. The summed E-state index contributed by atoms with van der Waals surface area (Å²) in [6, 6.07) is 7.27. The molecule has 0 aromatic heterocycles. The molecule has 2 N–H and O–H groups in total. The van der Waals surface area contributed by atoms with Crippen LogP contribution in [0.15, 0.2) is 18.2 Å². The number of hydrogen-bond donors (Lipinski definition) is 2. The fourth-order valence-electron chi connectivity index (χ4n) is 3.45. The fourth-order valence-corrected chi connectivity index (χ4v) is 3.45. The number of rotatable bonds is 4. The molecule has 2 fully saturated rings. The molecule has 2 aliphatic rings. The topological polar surface area (TPSA) is 36.5 Å². The normalized spacial score (nSPS) is 23.7. The minimum atomic E-state index is 0.339. The van der Waals surface area contributed by atoms with Gasteiger partial charge in [0.05, 0.1) is 12.7 Å². The molecule has 22 heavy (non-hydrogen) atoms. The Morgan fingerprint density at radius 1 is 1.27 bits per heavy atom. The van der Waals surface area contributed by atoms with Gasteiger partial charge in [0.2, 0.25) is 0 Å². The van der Waals surface area contributed by atoms with Crippen LogP contribution >= 0.6 is 0 Å². The quantitative estimate of drug-likeness (QED) is 0.890. The van der Waals surface area contributed by atoms with Crippen molar-refractivity contribution in [2.45, 2.75) is 38.8 Å². The minimum absolute atomic E-state index is 0.339. The Hall–Kier alpha value is -1.10. The zero-order valence-corrected chi connectivity index (χ0v) is 13.9. The number of morpholine rings is 1. The van der Waals surface area contributed by atoms with E-state index < -0.39 is 0 Å². The largest absolute Gasteiger partial charge is 0.374 e. The predicted octanol–water partition coefficient (Wildman–Crippen LogP) is 1.85. The highest BCUT2D eigenvalue weighted by molar-refractivity contribution is 5.56. The highest BCUT2D eigenvalue weighted by Crippen LogP contribution is 2.25. The van der Waals surface area contributed by atoms with Crippen molar-refractivity contribution in [3.05, 3.63) is 29.3 Å². The van der Waals surface area contributed by atoms with Gasteiger partial charge >= 0.3 is 0 Å². The maximum atomic E-state index is 5.75. The van der Waals surface area contributed by atoms with E-state index in [1.54, 1.807) is 0 Å². The average molecular weight is 303 g/mol. The molecule has 0 radical (unpaired) electrons. The first-order chi connectivity index (χ1) is 10.7. The van der Waals surface area contributed by atoms with Crippen molar-refractivity contribution in [2.75, 3.05) is 44.2 Å². The molecule has 3 rings (SSSR count). The maximum absolute atomic E-state index is 5.75. The van der Waals surface area contributed by atoms with E-state index in [1.807, 2.05) is 0 Å². The van der Waals surface area contributed by atoms with Crippen LogP contribution in [0.1, 0.15) is 24.0 Å². The van der Waals surface area contributed by atoms with Crippen molar-refractivity contribution < 1.29 is 4.74 Å².